The van der Waals surface area contributed by atoms with Gasteiger partial charge in [-0.2, -0.15) is 0 Å². The zero-order chi connectivity index (χ0) is 14.2. The minimum Gasteiger partial charge on any atom is -0.496 e. The molecule has 1 aliphatic carbocycles. The molecule has 0 spiro atoms. The Kier molecular flexibility index (Phi) is 4.16. The average molecular weight is 262 g/mol. The third kappa shape index (κ3) is 2.49. The van der Waals surface area contributed by atoms with Crippen molar-refractivity contribution in [2.75, 3.05) is 14.2 Å². The first-order chi connectivity index (χ1) is 8.99. The summed E-state index contributed by atoms with van der Waals surface area (Å²) in [6.07, 6.45) is 2.24. The molecule has 1 fully saturated rings. The van der Waals surface area contributed by atoms with E-state index in [0.29, 0.717) is 18.0 Å². The SMILES string of the molecule is CNC(c1c(C)cc(OC)c(C)c1C)C1CC(N)C1. The number of methoxy groups -OCH3 is 1. The van der Waals surface area contributed by atoms with Gasteiger partial charge in [-0.15, -0.1) is 0 Å². The second-order valence-corrected chi connectivity index (χ2v) is 5.82. The molecule has 1 aromatic carbocycles. The predicted molar refractivity (Wildman–Crippen MR) is 79.7 cm³/mol. The van der Waals surface area contributed by atoms with E-state index in [9.17, 15) is 0 Å². The number of benzene rings is 1. The van der Waals surface area contributed by atoms with Crippen molar-refractivity contribution in [1.29, 1.82) is 0 Å². The van der Waals surface area contributed by atoms with Crippen LogP contribution in [0.2, 0.25) is 0 Å². The summed E-state index contributed by atoms with van der Waals surface area (Å²) in [6, 6.07) is 2.95. The highest BCUT2D eigenvalue weighted by atomic mass is 16.5. The molecule has 2 rings (SSSR count). The van der Waals surface area contributed by atoms with Crippen molar-refractivity contribution < 1.29 is 4.74 Å². The summed E-state index contributed by atoms with van der Waals surface area (Å²) in [5.41, 5.74) is 11.3. The molecule has 0 aliphatic heterocycles. The maximum absolute atomic E-state index is 5.94. The van der Waals surface area contributed by atoms with Crippen LogP contribution in [0.3, 0.4) is 0 Å². The van der Waals surface area contributed by atoms with Crippen LogP contribution in [0.1, 0.15) is 41.1 Å². The Morgan fingerprint density at radius 3 is 2.37 bits per heavy atom. The van der Waals surface area contributed by atoms with Gasteiger partial charge in [-0.1, -0.05) is 0 Å². The van der Waals surface area contributed by atoms with Gasteiger partial charge in [0.15, 0.2) is 0 Å². The van der Waals surface area contributed by atoms with Crippen LogP contribution in [0.25, 0.3) is 0 Å². The zero-order valence-electron chi connectivity index (χ0n) is 12.7. The molecule has 1 atom stereocenters. The van der Waals surface area contributed by atoms with E-state index in [0.717, 1.165) is 18.6 Å². The maximum Gasteiger partial charge on any atom is 0.122 e. The van der Waals surface area contributed by atoms with Gasteiger partial charge in [-0.3, -0.25) is 0 Å². The van der Waals surface area contributed by atoms with Crippen molar-refractivity contribution in [1.82, 2.24) is 5.32 Å². The zero-order valence-corrected chi connectivity index (χ0v) is 12.7. The van der Waals surface area contributed by atoms with Gasteiger partial charge >= 0.3 is 0 Å². The summed E-state index contributed by atoms with van der Waals surface area (Å²) in [6.45, 7) is 6.51. The lowest BCUT2D eigenvalue weighted by Crippen LogP contribution is -2.43. The molecule has 1 unspecified atom stereocenters. The summed E-state index contributed by atoms with van der Waals surface area (Å²) in [5, 5.41) is 3.49. The normalized spacial score (nSPS) is 23.9. The van der Waals surface area contributed by atoms with E-state index in [-0.39, 0.29) is 0 Å². The standard InChI is InChI=1S/C16H26N2O/c1-9-6-14(19-5)10(2)11(3)15(9)16(18-4)12-7-13(17)8-12/h6,12-13,16,18H,7-8,17H2,1-5H3. The molecule has 19 heavy (non-hydrogen) atoms. The number of ether oxygens (including phenoxy) is 1. The molecule has 3 heteroatoms. The summed E-state index contributed by atoms with van der Waals surface area (Å²) in [4.78, 5) is 0. The molecule has 0 heterocycles. The lowest BCUT2D eigenvalue weighted by atomic mass is 9.72. The fraction of sp³-hybridized carbons (Fsp3) is 0.625. The summed E-state index contributed by atoms with van der Waals surface area (Å²) < 4.78 is 5.45. The number of rotatable bonds is 4. The van der Waals surface area contributed by atoms with Gasteiger partial charge in [0.25, 0.3) is 0 Å². The molecule has 3 N–H and O–H groups in total. The van der Waals surface area contributed by atoms with Crippen LogP contribution < -0.4 is 15.8 Å². The van der Waals surface area contributed by atoms with Crippen LogP contribution in [0.5, 0.6) is 5.75 Å². The van der Waals surface area contributed by atoms with E-state index in [1.54, 1.807) is 7.11 Å². The van der Waals surface area contributed by atoms with Crippen LogP contribution in [-0.4, -0.2) is 20.2 Å². The van der Waals surface area contributed by atoms with Gasteiger partial charge in [-0.25, -0.2) is 0 Å². The molecule has 1 saturated carbocycles. The maximum atomic E-state index is 5.94. The monoisotopic (exact) mass is 262 g/mol. The van der Waals surface area contributed by atoms with E-state index >= 15 is 0 Å². The van der Waals surface area contributed by atoms with Gasteiger partial charge in [0.05, 0.1) is 7.11 Å². The molecule has 0 amide bonds. The predicted octanol–water partition coefficient (Wildman–Crippen LogP) is 2.62. The van der Waals surface area contributed by atoms with Gasteiger partial charge < -0.3 is 15.8 Å². The Hall–Kier alpha value is -1.06. The van der Waals surface area contributed by atoms with Crippen molar-refractivity contribution in [2.24, 2.45) is 11.7 Å². The number of aryl methyl sites for hydroxylation is 1. The fourth-order valence-corrected chi connectivity index (χ4v) is 3.35. The first-order valence-electron chi connectivity index (χ1n) is 7.07. The molecule has 0 aromatic heterocycles. The topological polar surface area (TPSA) is 47.3 Å². The van der Waals surface area contributed by atoms with Crippen LogP contribution in [-0.2, 0) is 0 Å². The molecular weight excluding hydrogens is 236 g/mol. The Balaban J connectivity index is 2.40. The Morgan fingerprint density at radius 2 is 1.89 bits per heavy atom. The first kappa shape index (κ1) is 14.4. The molecule has 0 bridgehead atoms. The van der Waals surface area contributed by atoms with Crippen molar-refractivity contribution in [3.8, 4) is 5.75 Å². The van der Waals surface area contributed by atoms with Crippen molar-refractivity contribution >= 4 is 0 Å². The first-order valence-corrected chi connectivity index (χ1v) is 7.07. The second kappa shape index (κ2) is 5.51. The Morgan fingerprint density at radius 1 is 1.26 bits per heavy atom. The van der Waals surface area contributed by atoms with Crippen molar-refractivity contribution in [3.05, 3.63) is 28.3 Å². The van der Waals surface area contributed by atoms with Crippen LogP contribution in [0.4, 0.5) is 0 Å². The summed E-state index contributed by atoms with van der Waals surface area (Å²) in [5.74, 6) is 1.64. The van der Waals surface area contributed by atoms with Crippen molar-refractivity contribution in [2.45, 2.75) is 45.7 Å². The number of hydrogen-bond donors (Lipinski definition) is 2. The Bertz CT molecular complexity index is 464. The molecular formula is C16H26N2O. The minimum atomic E-state index is 0.390. The molecule has 3 nitrogen and oxygen atoms in total. The van der Waals surface area contributed by atoms with Gasteiger partial charge in [0, 0.05) is 12.1 Å². The van der Waals surface area contributed by atoms with Gasteiger partial charge in [-0.05, 0) is 74.9 Å². The third-order valence-corrected chi connectivity index (χ3v) is 4.63. The van der Waals surface area contributed by atoms with Crippen LogP contribution in [0.15, 0.2) is 6.07 Å². The van der Waals surface area contributed by atoms with E-state index in [2.05, 4.69) is 32.2 Å². The third-order valence-electron chi connectivity index (χ3n) is 4.63. The van der Waals surface area contributed by atoms with Crippen molar-refractivity contribution in [3.63, 3.8) is 0 Å². The van der Waals surface area contributed by atoms with E-state index < -0.39 is 0 Å². The highest BCUT2D eigenvalue weighted by molar-refractivity contribution is 5.49. The average Bonchev–Trinajstić information content (AvgIpc) is 2.35. The summed E-state index contributed by atoms with van der Waals surface area (Å²) >= 11 is 0. The van der Waals surface area contributed by atoms with Gasteiger partial charge in [0.2, 0.25) is 0 Å². The summed E-state index contributed by atoms with van der Waals surface area (Å²) in [7, 11) is 3.79. The highest BCUT2D eigenvalue weighted by Gasteiger charge is 2.34. The quantitative estimate of drug-likeness (QED) is 0.877. The smallest absolute Gasteiger partial charge is 0.122 e. The molecule has 0 radical (unpaired) electrons. The largest absolute Gasteiger partial charge is 0.496 e. The number of nitrogens with one attached hydrogen (secondary N) is 1. The minimum absolute atomic E-state index is 0.390. The van der Waals surface area contributed by atoms with E-state index in [4.69, 9.17) is 10.5 Å². The van der Waals surface area contributed by atoms with Crippen LogP contribution >= 0.6 is 0 Å². The lowest BCUT2D eigenvalue weighted by molar-refractivity contribution is 0.203. The number of hydrogen-bond acceptors (Lipinski definition) is 3. The lowest BCUT2D eigenvalue weighted by Gasteiger charge is -2.40. The van der Waals surface area contributed by atoms with E-state index in [1.165, 1.54) is 22.3 Å². The van der Waals surface area contributed by atoms with Crippen LogP contribution in [0, 0.1) is 26.7 Å². The second-order valence-electron chi connectivity index (χ2n) is 5.82. The molecule has 1 aliphatic rings. The molecule has 0 saturated heterocycles. The number of nitrogens with two attached hydrogens (primary N) is 1. The van der Waals surface area contributed by atoms with E-state index in [1.807, 2.05) is 7.05 Å². The van der Waals surface area contributed by atoms with Gasteiger partial charge in [0.1, 0.15) is 5.75 Å². The molecule has 1 aromatic rings. The highest BCUT2D eigenvalue weighted by Crippen LogP contribution is 2.41. The molecule has 106 valence electrons. The fourth-order valence-electron chi connectivity index (χ4n) is 3.35. The Labute approximate surface area is 116 Å².